The summed E-state index contributed by atoms with van der Waals surface area (Å²) < 4.78 is 6.37. The number of hydrogen-bond donors (Lipinski definition) is 1. The summed E-state index contributed by atoms with van der Waals surface area (Å²) in [6.45, 7) is 6.43. The molecule has 1 aromatic rings. The Hall–Kier alpha value is -1.06. The SMILES string of the molecule is CN1CCC(C)(Oc2cccc3c2CNC3)CC1. The summed E-state index contributed by atoms with van der Waals surface area (Å²) in [5, 5.41) is 3.40. The van der Waals surface area contributed by atoms with Crippen molar-refractivity contribution in [3.8, 4) is 5.75 Å². The number of ether oxygens (including phenoxy) is 1. The summed E-state index contributed by atoms with van der Waals surface area (Å²) in [7, 11) is 2.18. The lowest BCUT2D eigenvalue weighted by Gasteiger charge is -2.38. The van der Waals surface area contributed by atoms with E-state index in [4.69, 9.17) is 4.74 Å². The molecule has 1 aromatic carbocycles. The number of nitrogens with one attached hydrogen (secondary N) is 1. The van der Waals surface area contributed by atoms with Crippen LogP contribution in [0.15, 0.2) is 18.2 Å². The first kappa shape index (κ1) is 12.0. The first-order valence-electron chi connectivity index (χ1n) is 6.85. The summed E-state index contributed by atoms with van der Waals surface area (Å²) in [6.07, 6.45) is 2.22. The largest absolute Gasteiger partial charge is 0.487 e. The fourth-order valence-electron chi connectivity index (χ4n) is 2.85. The number of rotatable bonds is 2. The lowest BCUT2D eigenvalue weighted by atomic mass is 9.93. The molecule has 1 N–H and O–H groups in total. The van der Waals surface area contributed by atoms with Gasteiger partial charge in [0, 0.05) is 31.7 Å². The minimum atomic E-state index is 0.00419. The van der Waals surface area contributed by atoms with Crippen molar-refractivity contribution in [1.29, 1.82) is 0 Å². The molecule has 0 radical (unpaired) electrons. The molecule has 2 aliphatic heterocycles. The molecule has 3 heteroatoms. The van der Waals surface area contributed by atoms with Crippen molar-refractivity contribution < 1.29 is 4.74 Å². The standard InChI is InChI=1S/C15H22N2O/c1-15(6-8-17(2)9-7-15)18-14-5-3-4-12-10-16-11-13(12)14/h3-5,16H,6-11H2,1-2H3. The van der Waals surface area contributed by atoms with E-state index in [-0.39, 0.29) is 5.60 Å². The van der Waals surface area contributed by atoms with Gasteiger partial charge < -0.3 is 15.0 Å². The molecule has 0 aliphatic carbocycles. The maximum Gasteiger partial charge on any atom is 0.124 e. The van der Waals surface area contributed by atoms with Crippen LogP contribution < -0.4 is 10.1 Å². The van der Waals surface area contributed by atoms with E-state index >= 15 is 0 Å². The van der Waals surface area contributed by atoms with E-state index in [1.54, 1.807) is 0 Å². The molecule has 0 amide bonds. The zero-order valence-corrected chi connectivity index (χ0v) is 11.3. The van der Waals surface area contributed by atoms with Crippen molar-refractivity contribution in [2.45, 2.75) is 38.5 Å². The molecule has 3 rings (SSSR count). The van der Waals surface area contributed by atoms with Gasteiger partial charge in [0.05, 0.1) is 0 Å². The molecular formula is C15H22N2O. The molecule has 1 fully saturated rings. The van der Waals surface area contributed by atoms with Crippen molar-refractivity contribution in [2.24, 2.45) is 0 Å². The van der Waals surface area contributed by atoms with E-state index < -0.39 is 0 Å². The summed E-state index contributed by atoms with van der Waals surface area (Å²) in [5.41, 5.74) is 2.76. The van der Waals surface area contributed by atoms with Gasteiger partial charge in [0.25, 0.3) is 0 Å². The van der Waals surface area contributed by atoms with Crippen LogP contribution in [0.3, 0.4) is 0 Å². The van der Waals surface area contributed by atoms with Crippen molar-refractivity contribution in [1.82, 2.24) is 10.2 Å². The second-order valence-electron chi connectivity index (χ2n) is 5.85. The summed E-state index contributed by atoms with van der Waals surface area (Å²) in [5.74, 6) is 1.09. The summed E-state index contributed by atoms with van der Waals surface area (Å²) >= 11 is 0. The first-order chi connectivity index (χ1) is 8.66. The van der Waals surface area contributed by atoms with Gasteiger partial charge >= 0.3 is 0 Å². The Morgan fingerprint density at radius 3 is 2.78 bits per heavy atom. The minimum absolute atomic E-state index is 0.00419. The van der Waals surface area contributed by atoms with Crippen LogP contribution in [0.5, 0.6) is 5.75 Å². The highest BCUT2D eigenvalue weighted by atomic mass is 16.5. The third-order valence-electron chi connectivity index (χ3n) is 4.25. The van der Waals surface area contributed by atoms with E-state index in [2.05, 4.69) is 42.4 Å². The van der Waals surface area contributed by atoms with Gasteiger partial charge in [-0.3, -0.25) is 0 Å². The lowest BCUT2D eigenvalue weighted by molar-refractivity contribution is 0.0233. The maximum absolute atomic E-state index is 6.37. The molecule has 2 heterocycles. The highest BCUT2D eigenvalue weighted by Gasteiger charge is 2.31. The van der Waals surface area contributed by atoms with Gasteiger partial charge in [-0.15, -0.1) is 0 Å². The predicted molar refractivity (Wildman–Crippen MR) is 72.7 cm³/mol. The Balaban J connectivity index is 1.78. The van der Waals surface area contributed by atoms with Crippen LogP contribution >= 0.6 is 0 Å². The van der Waals surface area contributed by atoms with Gasteiger partial charge in [-0.2, -0.15) is 0 Å². The van der Waals surface area contributed by atoms with Crippen molar-refractivity contribution in [3.05, 3.63) is 29.3 Å². The third kappa shape index (κ3) is 2.25. The molecule has 0 atom stereocenters. The second-order valence-corrected chi connectivity index (χ2v) is 5.85. The summed E-state index contributed by atoms with van der Waals surface area (Å²) in [4.78, 5) is 2.38. The Morgan fingerprint density at radius 2 is 2.00 bits per heavy atom. The molecule has 3 nitrogen and oxygen atoms in total. The molecule has 2 aliphatic rings. The van der Waals surface area contributed by atoms with Crippen LogP contribution in [0.25, 0.3) is 0 Å². The molecule has 0 aromatic heterocycles. The van der Waals surface area contributed by atoms with Gasteiger partial charge in [-0.1, -0.05) is 12.1 Å². The highest BCUT2D eigenvalue weighted by Crippen LogP contribution is 2.33. The Bertz CT molecular complexity index is 436. The number of benzene rings is 1. The fourth-order valence-corrected chi connectivity index (χ4v) is 2.85. The quantitative estimate of drug-likeness (QED) is 0.865. The fraction of sp³-hybridized carbons (Fsp3) is 0.600. The molecule has 1 saturated heterocycles. The Labute approximate surface area is 109 Å². The highest BCUT2D eigenvalue weighted by molar-refractivity contribution is 5.42. The van der Waals surface area contributed by atoms with Gasteiger partial charge in [-0.25, -0.2) is 0 Å². The minimum Gasteiger partial charge on any atom is -0.487 e. The van der Waals surface area contributed by atoms with Gasteiger partial charge in [0.15, 0.2) is 0 Å². The first-order valence-corrected chi connectivity index (χ1v) is 6.85. The number of likely N-dealkylation sites (tertiary alicyclic amines) is 1. The van der Waals surface area contributed by atoms with Crippen LogP contribution in [0.4, 0.5) is 0 Å². The normalized spacial score (nSPS) is 22.8. The molecule has 98 valence electrons. The van der Waals surface area contributed by atoms with E-state index in [0.717, 1.165) is 44.8 Å². The lowest BCUT2D eigenvalue weighted by Crippen LogP contribution is -2.44. The monoisotopic (exact) mass is 246 g/mol. The smallest absolute Gasteiger partial charge is 0.124 e. The number of hydrogen-bond acceptors (Lipinski definition) is 3. The van der Waals surface area contributed by atoms with E-state index in [9.17, 15) is 0 Å². The molecular weight excluding hydrogens is 224 g/mol. The average molecular weight is 246 g/mol. The second kappa shape index (κ2) is 4.56. The summed E-state index contributed by atoms with van der Waals surface area (Å²) in [6, 6.07) is 6.42. The Morgan fingerprint density at radius 1 is 1.22 bits per heavy atom. The van der Waals surface area contributed by atoms with Crippen molar-refractivity contribution in [2.75, 3.05) is 20.1 Å². The molecule has 0 saturated carbocycles. The zero-order chi connectivity index (χ0) is 12.6. The van der Waals surface area contributed by atoms with Crippen LogP contribution in [-0.2, 0) is 13.1 Å². The van der Waals surface area contributed by atoms with Gasteiger partial charge in [0.2, 0.25) is 0 Å². The van der Waals surface area contributed by atoms with Gasteiger partial charge in [-0.05, 0) is 38.4 Å². The van der Waals surface area contributed by atoms with Gasteiger partial charge in [0.1, 0.15) is 11.4 Å². The number of fused-ring (bicyclic) bond motifs is 1. The van der Waals surface area contributed by atoms with E-state index in [1.807, 2.05) is 0 Å². The zero-order valence-electron chi connectivity index (χ0n) is 11.3. The average Bonchev–Trinajstić information content (AvgIpc) is 2.83. The molecule has 0 spiro atoms. The maximum atomic E-state index is 6.37. The van der Waals surface area contributed by atoms with Crippen LogP contribution in [-0.4, -0.2) is 30.6 Å². The van der Waals surface area contributed by atoms with Crippen LogP contribution in [0, 0.1) is 0 Å². The van der Waals surface area contributed by atoms with Crippen molar-refractivity contribution >= 4 is 0 Å². The third-order valence-corrected chi connectivity index (χ3v) is 4.25. The van der Waals surface area contributed by atoms with E-state index in [0.29, 0.717) is 0 Å². The van der Waals surface area contributed by atoms with Crippen LogP contribution in [0.2, 0.25) is 0 Å². The topological polar surface area (TPSA) is 24.5 Å². The Kier molecular flexibility index (Phi) is 3.04. The number of piperidine rings is 1. The van der Waals surface area contributed by atoms with Crippen molar-refractivity contribution in [3.63, 3.8) is 0 Å². The predicted octanol–water partition coefficient (Wildman–Crippen LogP) is 2.15. The number of nitrogens with zero attached hydrogens (tertiary/aromatic N) is 1. The molecule has 0 bridgehead atoms. The molecule has 0 unspecified atom stereocenters. The van der Waals surface area contributed by atoms with Crippen LogP contribution in [0.1, 0.15) is 30.9 Å². The molecule has 18 heavy (non-hydrogen) atoms. The van der Waals surface area contributed by atoms with E-state index in [1.165, 1.54) is 11.1 Å².